The van der Waals surface area contributed by atoms with Crippen molar-refractivity contribution in [2.75, 3.05) is 0 Å². The monoisotopic (exact) mass is 389 g/mol. The predicted octanol–water partition coefficient (Wildman–Crippen LogP) is 5.07. The minimum absolute atomic E-state index is 0.328. The third-order valence-electron chi connectivity index (χ3n) is 4.71. The molecule has 0 fully saturated rings. The Balaban J connectivity index is 1.72. The molecule has 1 amide bonds. The maximum absolute atomic E-state index is 13.5. The number of carbonyl (C=O) groups excluding carboxylic acids is 1. The van der Waals surface area contributed by atoms with Crippen LogP contribution in [0.25, 0.3) is 22.2 Å². The topological polar surface area (TPSA) is 54.9 Å². The minimum atomic E-state index is -0.947. The van der Waals surface area contributed by atoms with Crippen LogP contribution in [0.1, 0.15) is 28.9 Å². The largest absolute Gasteiger partial charge is 0.345 e. The van der Waals surface area contributed by atoms with Crippen LogP contribution in [0.5, 0.6) is 0 Å². The van der Waals surface area contributed by atoms with Crippen molar-refractivity contribution in [1.29, 1.82) is 0 Å². The van der Waals surface area contributed by atoms with Crippen LogP contribution in [-0.4, -0.2) is 15.9 Å². The van der Waals surface area contributed by atoms with Crippen LogP contribution in [-0.2, 0) is 0 Å². The second-order valence-electron chi connectivity index (χ2n) is 6.68. The van der Waals surface area contributed by atoms with Crippen molar-refractivity contribution >= 4 is 16.8 Å². The number of fused-ring (bicyclic) bond motifs is 1. The summed E-state index contributed by atoms with van der Waals surface area (Å²) in [5.41, 5.74) is 3.02. The summed E-state index contributed by atoms with van der Waals surface area (Å²) in [6.07, 6.45) is 3.35. The molecule has 4 aromatic rings. The number of para-hydroxylation sites is 1. The summed E-state index contributed by atoms with van der Waals surface area (Å²) < 4.78 is 26.7. The molecule has 0 spiro atoms. The fourth-order valence-corrected chi connectivity index (χ4v) is 3.16. The van der Waals surface area contributed by atoms with Crippen LogP contribution in [0.4, 0.5) is 8.78 Å². The first-order valence-electron chi connectivity index (χ1n) is 9.09. The number of amides is 1. The molecule has 1 unspecified atom stereocenters. The van der Waals surface area contributed by atoms with Crippen molar-refractivity contribution in [1.82, 2.24) is 15.3 Å². The number of nitrogens with zero attached hydrogens (tertiary/aromatic N) is 2. The van der Waals surface area contributed by atoms with Gasteiger partial charge >= 0.3 is 0 Å². The van der Waals surface area contributed by atoms with Gasteiger partial charge in [0.2, 0.25) is 0 Å². The zero-order valence-electron chi connectivity index (χ0n) is 15.6. The lowest BCUT2D eigenvalue weighted by Gasteiger charge is -2.16. The molecule has 4 nitrogen and oxygen atoms in total. The molecule has 4 rings (SSSR count). The van der Waals surface area contributed by atoms with E-state index in [9.17, 15) is 13.6 Å². The second kappa shape index (κ2) is 7.75. The highest BCUT2D eigenvalue weighted by Gasteiger charge is 2.17. The Morgan fingerprint density at radius 1 is 1.00 bits per heavy atom. The highest BCUT2D eigenvalue weighted by molar-refractivity contribution is 6.07. The molecule has 6 heteroatoms. The third kappa shape index (κ3) is 3.82. The fourth-order valence-electron chi connectivity index (χ4n) is 3.16. The lowest BCUT2D eigenvalue weighted by molar-refractivity contribution is 0.0941. The van der Waals surface area contributed by atoms with E-state index in [0.29, 0.717) is 27.7 Å². The lowest BCUT2D eigenvalue weighted by atomic mass is 10.0. The Morgan fingerprint density at radius 3 is 2.59 bits per heavy atom. The van der Waals surface area contributed by atoms with Gasteiger partial charge in [0.15, 0.2) is 11.6 Å². The Morgan fingerprint density at radius 2 is 1.83 bits per heavy atom. The predicted molar refractivity (Wildman–Crippen MR) is 107 cm³/mol. The Hall–Kier alpha value is -3.67. The number of halogens is 2. The molecule has 2 aromatic carbocycles. The van der Waals surface area contributed by atoms with E-state index in [0.717, 1.165) is 17.7 Å². The number of rotatable bonds is 4. The number of hydrogen-bond acceptors (Lipinski definition) is 3. The normalized spacial score (nSPS) is 12.0. The molecule has 0 saturated carbocycles. The van der Waals surface area contributed by atoms with Crippen LogP contribution in [0.3, 0.4) is 0 Å². The fraction of sp³-hybridized carbons (Fsp3) is 0.0870. The SMILES string of the molecule is CC(NC(=O)c1cc(-c2cccnc2)nc2ccccc12)c1ccc(F)c(F)c1. The molecule has 2 heterocycles. The second-order valence-corrected chi connectivity index (χ2v) is 6.68. The molecule has 0 aliphatic heterocycles. The van der Waals surface area contributed by atoms with Gasteiger partial charge in [-0.3, -0.25) is 9.78 Å². The number of aromatic nitrogens is 2. The molecule has 29 heavy (non-hydrogen) atoms. The van der Waals surface area contributed by atoms with Crippen molar-refractivity contribution in [2.24, 2.45) is 0 Å². The summed E-state index contributed by atoms with van der Waals surface area (Å²) in [6.45, 7) is 1.72. The molecule has 0 radical (unpaired) electrons. The maximum Gasteiger partial charge on any atom is 0.252 e. The number of benzene rings is 2. The molecule has 2 aromatic heterocycles. The van der Waals surface area contributed by atoms with Gasteiger partial charge in [-0.25, -0.2) is 13.8 Å². The van der Waals surface area contributed by atoms with Crippen molar-refractivity contribution in [3.8, 4) is 11.3 Å². The van der Waals surface area contributed by atoms with Crippen LogP contribution in [0, 0.1) is 11.6 Å². The van der Waals surface area contributed by atoms with E-state index in [2.05, 4.69) is 15.3 Å². The summed E-state index contributed by atoms with van der Waals surface area (Å²) in [6, 6.07) is 15.8. The smallest absolute Gasteiger partial charge is 0.252 e. The maximum atomic E-state index is 13.5. The summed E-state index contributed by atoms with van der Waals surface area (Å²) in [5.74, 6) is -2.20. The molecule has 0 saturated heterocycles. The van der Waals surface area contributed by atoms with Crippen LogP contribution in [0.15, 0.2) is 73.1 Å². The van der Waals surface area contributed by atoms with Crippen molar-refractivity contribution < 1.29 is 13.6 Å². The van der Waals surface area contributed by atoms with Gasteiger partial charge in [-0.1, -0.05) is 24.3 Å². The zero-order valence-corrected chi connectivity index (χ0v) is 15.6. The van der Waals surface area contributed by atoms with E-state index in [-0.39, 0.29) is 5.91 Å². The van der Waals surface area contributed by atoms with Crippen molar-refractivity contribution in [3.63, 3.8) is 0 Å². The third-order valence-corrected chi connectivity index (χ3v) is 4.71. The first kappa shape index (κ1) is 18.7. The average molecular weight is 389 g/mol. The van der Waals surface area contributed by atoms with Gasteiger partial charge in [0, 0.05) is 23.3 Å². The van der Waals surface area contributed by atoms with Gasteiger partial charge in [-0.2, -0.15) is 0 Å². The van der Waals surface area contributed by atoms with Crippen molar-refractivity contribution in [3.05, 3.63) is 95.8 Å². The van der Waals surface area contributed by atoms with Crippen LogP contribution < -0.4 is 5.32 Å². The van der Waals surface area contributed by atoms with Gasteiger partial charge < -0.3 is 5.32 Å². The zero-order chi connectivity index (χ0) is 20.4. The quantitative estimate of drug-likeness (QED) is 0.530. The van der Waals surface area contributed by atoms with Gasteiger partial charge in [0.1, 0.15) is 0 Å². The molecule has 0 aliphatic rings. The van der Waals surface area contributed by atoms with E-state index in [4.69, 9.17) is 0 Å². The Labute approximate surface area is 166 Å². The Bertz CT molecular complexity index is 1200. The van der Waals surface area contributed by atoms with Gasteiger partial charge in [0.05, 0.1) is 22.8 Å². The lowest BCUT2D eigenvalue weighted by Crippen LogP contribution is -2.27. The summed E-state index contributed by atoms with van der Waals surface area (Å²) >= 11 is 0. The van der Waals surface area contributed by atoms with Crippen LogP contribution in [0.2, 0.25) is 0 Å². The summed E-state index contributed by atoms with van der Waals surface area (Å²) in [7, 11) is 0. The van der Waals surface area contributed by atoms with Gasteiger partial charge in [-0.05, 0) is 48.9 Å². The highest BCUT2D eigenvalue weighted by atomic mass is 19.2. The molecule has 0 bridgehead atoms. The van der Waals surface area contributed by atoms with Gasteiger partial charge in [0.25, 0.3) is 5.91 Å². The molecule has 144 valence electrons. The number of pyridine rings is 2. The number of carbonyl (C=O) groups is 1. The van der Waals surface area contributed by atoms with E-state index >= 15 is 0 Å². The first-order chi connectivity index (χ1) is 14.0. The molecular formula is C23H17F2N3O. The number of nitrogens with one attached hydrogen (secondary N) is 1. The molecule has 1 atom stereocenters. The number of hydrogen-bond donors (Lipinski definition) is 1. The van der Waals surface area contributed by atoms with Crippen molar-refractivity contribution in [2.45, 2.75) is 13.0 Å². The van der Waals surface area contributed by atoms with E-state index in [1.165, 1.54) is 6.07 Å². The minimum Gasteiger partial charge on any atom is -0.345 e. The molecular weight excluding hydrogens is 372 g/mol. The van der Waals surface area contributed by atoms with E-state index in [1.807, 2.05) is 30.3 Å². The molecule has 0 aliphatic carbocycles. The molecule has 1 N–H and O–H groups in total. The average Bonchev–Trinajstić information content (AvgIpc) is 2.75. The Kier molecular flexibility index (Phi) is 4.99. The van der Waals surface area contributed by atoms with Crippen LogP contribution >= 0.6 is 0 Å². The van der Waals surface area contributed by atoms with E-state index < -0.39 is 17.7 Å². The first-order valence-corrected chi connectivity index (χ1v) is 9.09. The highest BCUT2D eigenvalue weighted by Crippen LogP contribution is 2.25. The standard InChI is InChI=1S/C23H17F2N3O/c1-14(15-8-9-19(24)20(25)11-15)27-23(29)18-12-22(16-5-4-10-26-13-16)28-21-7-3-2-6-17(18)21/h2-14H,1H3,(H,27,29). The summed E-state index contributed by atoms with van der Waals surface area (Å²) in [4.78, 5) is 21.8. The van der Waals surface area contributed by atoms with E-state index in [1.54, 1.807) is 31.5 Å². The van der Waals surface area contributed by atoms with Gasteiger partial charge in [-0.15, -0.1) is 0 Å². The summed E-state index contributed by atoms with van der Waals surface area (Å²) in [5, 5.41) is 3.56.